The van der Waals surface area contributed by atoms with Crippen LogP contribution in [0.15, 0.2) is 48.8 Å². The van der Waals surface area contributed by atoms with E-state index in [0.717, 1.165) is 18.0 Å². The van der Waals surface area contributed by atoms with Gasteiger partial charge in [-0.2, -0.15) is 4.89 Å². The molecular weight excluding hydrogens is 316 g/mol. The summed E-state index contributed by atoms with van der Waals surface area (Å²) in [7, 11) is -1.84. The maximum Gasteiger partial charge on any atom is 0.373 e. The predicted octanol–water partition coefficient (Wildman–Crippen LogP) is 4.73. The fourth-order valence-corrected chi connectivity index (χ4v) is 3.94. The van der Waals surface area contributed by atoms with Gasteiger partial charge in [-0.3, -0.25) is 4.89 Å². The van der Waals surface area contributed by atoms with Crippen LogP contribution in [0.25, 0.3) is 0 Å². The van der Waals surface area contributed by atoms with E-state index in [-0.39, 0.29) is 0 Å². The third-order valence-corrected chi connectivity index (χ3v) is 7.85. The van der Waals surface area contributed by atoms with E-state index in [1.165, 1.54) is 12.8 Å². The average Bonchev–Trinajstić information content (AvgIpc) is 2.63. The fraction of sp³-hybridized carbons (Fsp3) is 0.450. The molecule has 0 saturated heterocycles. The topological polar surface area (TPSA) is 35.5 Å². The van der Waals surface area contributed by atoms with Crippen LogP contribution >= 0.6 is 0 Å². The quantitative estimate of drug-likeness (QED) is 0.330. The zero-order valence-corrected chi connectivity index (χ0v) is 16.2. The lowest BCUT2D eigenvalue weighted by Crippen LogP contribution is -2.40. The van der Waals surface area contributed by atoms with Crippen molar-refractivity contribution in [3.05, 3.63) is 54.4 Å². The van der Waals surface area contributed by atoms with Gasteiger partial charge in [0.15, 0.2) is 0 Å². The zero-order chi connectivity index (χ0) is 18.0. The molecule has 1 atom stereocenters. The van der Waals surface area contributed by atoms with Crippen LogP contribution in [0, 0.1) is 5.92 Å². The highest BCUT2D eigenvalue weighted by Crippen LogP contribution is 2.14. The number of rotatable bonds is 11. The van der Waals surface area contributed by atoms with E-state index >= 15 is 0 Å². The molecule has 24 heavy (non-hydrogen) atoms. The summed E-state index contributed by atoms with van der Waals surface area (Å²) in [4.78, 5) is 22.2. The van der Waals surface area contributed by atoms with E-state index < -0.39 is 14.0 Å². The summed E-state index contributed by atoms with van der Waals surface area (Å²) in [5, 5.41) is 1.16. The SMILES string of the molecule is C=C[Si](C)(C=C)c1ccc(C(=O)OOCC(CC)CCCC)cc1. The number of benzene rings is 1. The Labute approximate surface area is 147 Å². The van der Waals surface area contributed by atoms with Crippen LogP contribution in [0.4, 0.5) is 0 Å². The van der Waals surface area contributed by atoms with Crippen molar-refractivity contribution in [2.24, 2.45) is 5.92 Å². The van der Waals surface area contributed by atoms with Gasteiger partial charge in [-0.1, -0.05) is 68.4 Å². The first-order chi connectivity index (χ1) is 11.5. The summed E-state index contributed by atoms with van der Waals surface area (Å²) in [5.41, 5.74) is 4.43. The number of hydrogen-bond acceptors (Lipinski definition) is 3. The molecule has 132 valence electrons. The molecule has 0 aliphatic carbocycles. The summed E-state index contributed by atoms with van der Waals surface area (Å²) < 4.78 is 0. The number of unbranched alkanes of at least 4 members (excludes halogenated alkanes) is 1. The lowest BCUT2D eigenvalue weighted by atomic mass is 10.0. The Balaban J connectivity index is 2.57. The van der Waals surface area contributed by atoms with E-state index in [2.05, 4.69) is 33.6 Å². The molecule has 0 amide bonds. The minimum absolute atomic E-state index is 0.437. The Kier molecular flexibility index (Phi) is 8.72. The van der Waals surface area contributed by atoms with Gasteiger partial charge in [0.05, 0.1) is 12.2 Å². The lowest BCUT2D eigenvalue weighted by molar-refractivity contribution is -0.249. The molecule has 1 unspecified atom stereocenters. The number of carbonyl (C=O) groups is 1. The van der Waals surface area contributed by atoms with Crippen LogP contribution in [0.2, 0.25) is 6.55 Å². The van der Waals surface area contributed by atoms with Crippen molar-refractivity contribution in [1.82, 2.24) is 0 Å². The smallest absolute Gasteiger partial charge is 0.293 e. The lowest BCUT2D eigenvalue weighted by Gasteiger charge is -2.19. The van der Waals surface area contributed by atoms with Gasteiger partial charge in [-0.25, -0.2) is 4.79 Å². The van der Waals surface area contributed by atoms with Gasteiger partial charge in [0.1, 0.15) is 8.07 Å². The molecule has 3 nitrogen and oxygen atoms in total. The van der Waals surface area contributed by atoms with E-state index in [1.54, 1.807) is 12.1 Å². The monoisotopic (exact) mass is 346 g/mol. The number of hydrogen-bond donors (Lipinski definition) is 0. The van der Waals surface area contributed by atoms with Crippen molar-refractivity contribution in [3.8, 4) is 0 Å². The van der Waals surface area contributed by atoms with Crippen LogP contribution < -0.4 is 5.19 Å². The first-order valence-corrected chi connectivity index (χ1v) is 11.4. The van der Waals surface area contributed by atoms with Crippen molar-refractivity contribution >= 4 is 19.2 Å². The minimum atomic E-state index is -1.84. The Morgan fingerprint density at radius 3 is 2.33 bits per heavy atom. The first kappa shape index (κ1) is 20.4. The molecule has 1 aromatic rings. The second-order valence-corrected chi connectivity index (χ2v) is 10.3. The molecule has 0 bridgehead atoms. The second-order valence-electron chi connectivity index (χ2n) is 6.34. The standard InChI is InChI=1S/C20H30O3Si/c1-6-10-11-17(7-2)16-22-23-20(21)18-12-14-19(15-13-18)24(5,8-3)9-4/h8-9,12-15,17H,3-4,6-7,10-11,16H2,1-2,5H3. The van der Waals surface area contributed by atoms with Crippen molar-refractivity contribution in [2.45, 2.75) is 46.1 Å². The third-order valence-electron chi connectivity index (χ3n) is 4.57. The summed E-state index contributed by atoms with van der Waals surface area (Å²) in [5.74, 6) is -0.0144. The molecule has 0 aliphatic rings. The molecule has 0 radical (unpaired) electrons. The van der Waals surface area contributed by atoms with Crippen LogP contribution in [-0.4, -0.2) is 20.7 Å². The molecule has 1 rings (SSSR count). The molecule has 4 heteroatoms. The van der Waals surface area contributed by atoms with Gasteiger partial charge in [0, 0.05) is 0 Å². The molecule has 0 aliphatic heterocycles. The minimum Gasteiger partial charge on any atom is -0.293 e. The second kappa shape index (κ2) is 10.3. The van der Waals surface area contributed by atoms with E-state index in [9.17, 15) is 4.79 Å². The maximum atomic E-state index is 12.1. The van der Waals surface area contributed by atoms with Crippen molar-refractivity contribution in [1.29, 1.82) is 0 Å². The Morgan fingerprint density at radius 1 is 1.21 bits per heavy atom. The van der Waals surface area contributed by atoms with Gasteiger partial charge >= 0.3 is 5.97 Å². The first-order valence-electron chi connectivity index (χ1n) is 8.72. The Morgan fingerprint density at radius 2 is 1.83 bits per heavy atom. The van der Waals surface area contributed by atoms with Crippen molar-refractivity contribution in [2.75, 3.05) is 6.61 Å². The normalized spacial score (nSPS) is 12.5. The van der Waals surface area contributed by atoms with E-state index in [4.69, 9.17) is 9.78 Å². The molecule has 0 aromatic heterocycles. The molecule has 0 spiro atoms. The van der Waals surface area contributed by atoms with Crippen molar-refractivity contribution in [3.63, 3.8) is 0 Å². The third kappa shape index (κ3) is 5.76. The van der Waals surface area contributed by atoms with Gasteiger partial charge in [0.2, 0.25) is 0 Å². The van der Waals surface area contributed by atoms with Gasteiger partial charge in [-0.15, -0.1) is 13.2 Å². The van der Waals surface area contributed by atoms with Gasteiger partial charge < -0.3 is 0 Å². The summed E-state index contributed by atoms with van der Waals surface area (Å²) in [6.45, 7) is 14.7. The maximum absolute atomic E-state index is 12.1. The summed E-state index contributed by atoms with van der Waals surface area (Å²) >= 11 is 0. The van der Waals surface area contributed by atoms with E-state index in [1.807, 2.05) is 23.5 Å². The average molecular weight is 347 g/mol. The predicted molar refractivity (Wildman–Crippen MR) is 103 cm³/mol. The van der Waals surface area contributed by atoms with Crippen LogP contribution in [-0.2, 0) is 9.78 Å². The highest BCUT2D eigenvalue weighted by atomic mass is 28.3. The fourth-order valence-electron chi connectivity index (χ4n) is 2.41. The van der Waals surface area contributed by atoms with Gasteiger partial charge in [-0.05, 0) is 24.5 Å². The molecule has 1 aromatic carbocycles. The molecule has 0 N–H and O–H groups in total. The highest BCUT2D eigenvalue weighted by Gasteiger charge is 2.22. The molecule has 0 heterocycles. The number of carbonyl (C=O) groups excluding carboxylic acids is 1. The molecule has 0 saturated carbocycles. The highest BCUT2D eigenvalue weighted by molar-refractivity contribution is 6.98. The molecule has 0 fully saturated rings. The Bertz CT molecular complexity index is 528. The van der Waals surface area contributed by atoms with Crippen LogP contribution in [0.5, 0.6) is 0 Å². The van der Waals surface area contributed by atoms with Crippen LogP contribution in [0.3, 0.4) is 0 Å². The largest absolute Gasteiger partial charge is 0.373 e. The van der Waals surface area contributed by atoms with Crippen molar-refractivity contribution < 1.29 is 14.6 Å². The summed E-state index contributed by atoms with van der Waals surface area (Å²) in [6.07, 6.45) is 4.47. The van der Waals surface area contributed by atoms with E-state index in [0.29, 0.717) is 18.1 Å². The van der Waals surface area contributed by atoms with Crippen LogP contribution in [0.1, 0.15) is 49.9 Å². The summed E-state index contributed by atoms with van der Waals surface area (Å²) in [6, 6.07) is 7.44. The zero-order valence-electron chi connectivity index (χ0n) is 15.2. The van der Waals surface area contributed by atoms with Gasteiger partial charge in [0.25, 0.3) is 0 Å². The Hall–Kier alpha value is -1.65. The molecular formula is C20H30O3Si.